The minimum Gasteiger partial charge on any atom is -0.311 e. The molecular formula is C63H48N2. The van der Waals surface area contributed by atoms with Crippen molar-refractivity contribution in [2.75, 3.05) is 9.80 Å². The van der Waals surface area contributed by atoms with Crippen molar-refractivity contribution in [3.8, 4) is 33.4 Å². The lowest BCUT2D eigenvalue weighted by Gasteiger charge is -2.33. The third-order valence-electron chi connectivity index (χ3n) is 13.0. The summed E-state index contributed by atoms with van der Waals surface area (Å²) in [6.07, 6.45) is 1.75. The molecule has 65 heavy (non-hydrogen) atoms. The number of nitrogens with zero attached hydrogens (tertiary/aromatic N) is 2. The molecule has 0 amide bonds. The van der Waals surface area contributed by atoms with Crippen LogP contribution in [0.5, 0.6) is 0 Å². The van der Waals surface area contributed by atoms with E-state index in [9.17, 15) is 0 Å². The summed E-state index contributed by atoms with van der Waals surface area (Å²) >= 11 is 0. The molecular weight excluding hydrogens is 785 g/mol. The molecule has 0 saturated carbocycles. The Balaban J connectivity index is 1.01. The van der Waals surface area contributed by atoms with Crippen molar-refractivity contribution in [3.05, 3.63) is 289 Å². The van der Waals surface area contributed by atoms with Crippen LogP contribution in [0.1, 0.15) is 22.3 Å². The molecule has 10 aromatic carbocycles. The molecule has 0 aromatic heterocycles. The maximum absolute atomic E-state index is 2.50. The van der Waals surface area contributed by atoms with Crippen LogP contribution < -0.4 is 9.80 Å². The third kappa shape index (κ3) is 7.81. The Hall–Kier alpha value is -8.20. The Morgan fingerprint density at radius 3 is 0.815 bits per heavy atom. The van der Waals surface area contributed by atoms with Gasteiger partial charge in [-0.25, -0.2) is 0 Å². The first kappa shape index (κ1) is 39.6. The van der Waals surface area contributed by atoms with E-state index in [4.69, 9.17) is 0 Å². The lowest BCUT2D eigenvalue weighted by Crippen LogP contribution is -2.31. The maximum Gasteiger partial charge on any atom is 0.0462 e. The highest BCUT2D eigenvalue weighted by Gasteiger charge is 2.44. The van der Waals surface area contributed by atoms with Crippen LogP contribution in [0.4, 0.5) is 34.1 Å². The van der Waals surface area contributed by atoms with E-state index in [1.54, 1.807) is 0 Å². The summed E-state index contributed by atoms with van der Waals surface area (Å²) in [6.45, 7) is 0. The number of benzene rings is 10. The Kier molecular flexibility index (Phi) is 10.7. The molecule has 1 aliphatic carbocycles. The summed E-state index contributed by atoms with van der Waals surface area (Å²) in [5, 5.41) is 0. The van der Waals surface area contributed by atoms with Gasteiger partial charge in [0.25, 0.3) is 0 Å². The second kappa shape index (κ2) is 17.5. The molecule has 310 valence electrons. The Morgan fingerprint density at radius 1 is 0.246 bits per heavy atom. The standard InChI is InChI=1S/C63H48N2/c1-7-19-47(20-8-1)45-63(46-48-21-9-2-10-22-48)61-43-51(49-31-37-57(38-32-49)64(53-23-11-3-12-24-53)54-25-13-4-14-26-54)35-41-59(61)60-42-36-52(44-62(60)63)50-33-39-58(40-34-50)65(55-27-15-5-16-28-55)56-29-17-6-18-30-56/h1-44H,45-46H2. The van der Waals surface area contributed by atoms with E-state index in [0.717, 1.165) is 47.0 Å². The molecule has 0 heterocycles. The van der Waals surface area contributed by atoms with Crippen molar-refractivity contribution in [1.29, 1.82) is 0 Å². The Morgan fingerprint density at radius 2 is 0.508 bits per heavy atom. The lowest BCUT2D eigenvalue weighted by atomic mass is 9.69. The predicted molar refractivity (Wildman–Crippen MR) is 273 cm³/mol. The van der Waals surface area contributed by atoms with Crippen molar-refractivity contribution in [2.45, 2.75) is 18.3 Å². The van der Waals surface area contributed by atoms with Crippen LogP contribution in [0, 0.1) is 0 Å². The zero-order valence-corrected chi connectivity index (χ0v) is 36.2. The molecule has 0 bridgehead atoms. The van der Waals surface area contributed by atoms with Crippen molar-refractivity contribution in [3.63, 3.8) is 0 Å². The van der Waals surface area contributed by atoms with Gasteiger partial charge in [0.05, 0.1) is 0 Å². The largest absolute Gasteiger partial charge is 0.311 e. The molecule has 0 fully saturated rings. The van der Waals surface area contributed by atoms with Crippen LogP contribution in [-0.2, 0) is 18.3 Å². The molecule has 0 saturated heterocycles. The minimum atomic E-state index is -0.325. The highest BCUT2D eigenvalue weighted by molar-refractivity contribution is 5.88. The Labute approximate surface area is 383 Å². The van der Waals surface area contributed by atoms with Gasteiger partial charge in [0.15, 0.2) is 0 Å². The summed E-state index contributed by atoms with van der Waals surface area (Å²) in [4.78, 5) is 4.64. The smallest absolute Gasteiger partial charge is 0.0462 e. The summed E-state index contributed by atoms with van der Waals surface area (Å²) in [6, 6.07) is 97.2. The third-order valence-corrected chi connectivity index (χ3v) is 13.0. The van der Waals surface area contributed by atoms with Crippen LogP contribution in [0.2, 0.25) is 0 Å². The average Bonchev–Trinajstić information content (AvgIpc) is 3.63. The van der Waals surface area contributed by atoms with E-state index < -0.39 is 0 Å². The van der Waals surface area contributed by atoms with Gasteiger partial charge in [-0.1, -0.05) is 182 Å². The maximum atomic E-state index is 2.50. The highest BCUT2D eigenvalue weighted by atomic mass is 15.1. The molecule has 0 spiro atoms. The second-order valence-electron chi connectivity index (χ2n) is 17.0. The molecule has 1 aliphatic rings. The van der Waals surface area contributed by atoms with Crippen molar-refractivity contribution in [2.24, 2.45) is 0 Å². The first-order valence-electron chi connectivity index (χ1n) is 22.6. The van der Waals surface area contributed by atoms with E-state index in [1.807, 2.05) is 0 Å². The number of hydrogen-bond acceptors (Lipinski definition) is 2. The molecule has 0 atom stereocenters. The Bertz CT molecular complexity index is 2850. The van der Waals surface area contributed by atoms with Gasteiger partial charge in [-0.2, -0.15) is 0 Å². The molecule has 0 aliphatic heterocycles. The zero-order valence-electron chi connectivity index (χ0n) is 36.2. The van der Waals surface area contributed by atoms with E-state index in [1.165, 1.54) is 55.6 Å². The van der Waals surface area contributed by atoms with Gasteiger partial charge < -0.3 is 9.80 Å². The van der Waals surface area contributed by atoms with Crippen molar-refractivity contribution >= 4 is 34.1 Å². The van der Waals surface area contributed by atoms with Crippen LogP contribution in [0.15, 0.2) is 267 Å². The van der Waals surface area contributed by atoms with Gasteiger partial charge in [-0.05, 0) is 153 Å². The van der Waals surface area contributed by atoms with Crippen LogP contribution in [0.3, 0.4) is 0 Å². The fraction of sp³-hybridized carbons (Fsp3) is 0.0476. The van der Waals surface area contributed by atoms with Gasteiger partial charge in [0.1, 0.15) is 0 Å². The molecule has 2 nitrogen and oxygen atoms in total. The average molecular weight is 833 g/mol. The SMILES string of the molecule is c1ccc(CC2(Cc3ccccc3)c3cc(-c4ccc(N(c5ccccc5)c5ccccc5)cc4)ccc3-c3ccc(-c4ccc(N(c5ccccc5)c5ccccc5)cc4)cc32)cc1. The number of hydrogen-bond donors (Lipinski definition) is 0. The van der Waals surface area contributed by atoms with E-state index in [-0.39, 0.29) is 5.41 Å². The minimum absolute atomic E-state index is 0.325. The highest BCUT2D eigenvalue weighted by Crippen LogP contribution is 2.54. The van der Waals surface area contributed by atoms with E-state index in [0.29, 0.717) is 0 Å². The fourth-order valence-corrected chi connectivity index (χ4v) is 9.99. The van der Waals surface area contributed by atoms with Crippen molar-refractivity contribution < 1.29 is 0 Å². The van der Waals surface area contributed by atoms with E-state index >= 15 is 0 Å². The normalized spacial score (nSPS) is 12.2. The number of fused-ring (bicyclic) bond motifs is 3. The van der Waals surface area contributed by atoms with Crippen molar-refractivity contribution in [1.82, 2.24) is 0 Å². The zero-order chi connectivity index (χ0) is 43.4. The topological polar surface area (TPSA) is 6.48 Å². The van der Waals surface area contributed by atoms with Crippen LogP contribution >= 0.6 is 0 Å². The predicted octanol–water partition coefficient (Wildman–Crippen LogP) is 16.7. The molecule has 0 radical (unpaired) electrons. The quantitative estimate of drug-likeness (QED) is 0.121. The number of rotatable bonds is 12. The molecule has 10 aromatic rings. The fourth-order valence-electron chi connectivity index (χ4n) is 9.99. The molecule has 11 rings (SSSR count). The van der Waals surface area contributed by atoms with Gasteiger partial charge in [0.2, 0.25) is 0 Å². The van der Waals surface area contributed by atoms with Gasteiger partial charge in [-0.3, -0.25) is 0 Å². The van der Waals surface area contributed by atoms with Crippen LogP contribution in [-0.4, -0.2) is 0 Å². The monoisotopic (exact) mass is 832 g/mol. The van der Waals surface area contributed by atoms with Gasteiger partial charge >= 0.3 is 0 Å². The van der Waals surface area contributed by atoms with E-state index in [2.05, 4.69) is 277 Å². The molecule has 2 heteroatoms. The number of para-hydroxylation sites is 4. The first-order valence-corrected chi connectivity index (χ1v) is 22.6. The summed E-state index contributed by atoms with van der Waals surface area (Å²) in [5.41, 5.74) is 19.3. The summed E-state index contributed by atoms with van der Waals surface area (Å²) in [7, 11) is 0. The first-order chi connectivity index (χ1) is 32.2. The number of anilines is 6. The molecule has 0 unspecified atom stereocenters. The summed E-state index contributed by atoms with van der Waals surface area (Å²) < 4.78 is 0. The summed E-state index contributed by atoms with van der Waals surface area (Å²) in [5.74, 6) is 0. The van der Waals surface area contributed by atoms with Gasteiger partial charge in [-0.15, -0.1) is 0 Å². The van der Waals surface area contributed by atoms with Gasteiger partial charge in [0, 0.05) is 39.5 Å². The van der Waals surface area contributed by atoms with Crippen LogP contribution in [0.25, 0.3) is 33.4 Å². The second-order valence-corrected chi connectivity index (χ2v) is 17.0. The molecule has 0 N–H and O–H groups in total. The lowest BCUT2D eigenvalue weighted by molar-refractivity contribution is 0.520.